The van der Waals surface area contributed by atoms with Gasteiger partial charge in [0, 0.05) is 24.2 Å². The highest BCUT2D eigenvalue weighted by Crippen LogP contribution is 2.27. The molecule has 1 heterocycles. The highest BCUT2D eigenvalue weighted by molar-refractivity contribution is 7.93. The average Bonchev–Trinajstić information content (AvgIpc) is 3.39. The summed E-state index contributed by atoms with van der Waals surface area (Å²) in [5, 5.41) is 7.20. The average molecular weight is 503 g/mol. The van der Waals surface area contributed by atoms with E-state index in [1.54, 1.807) is 49.9 Å². The lowest BCUT2D eigenvalue weighted by Crippen LogP contribution is -2.25. The van der Waals surface area contributed by atoms with Gasteiger partial charge >= 0.3 is 0 Å². The number of carbonyl (C=O) groups is 2. The molecular weight excluding hydrogens is 476 g/mol. The number of carbonyl (C=O) groups excluding carboxylic acids is 2. The van der Waals surface area contributed by atoms with Gasteiger partial charge in [0.2, 0.25) is 5.91 Å². The van der Waals surface area contributed by atoms with Crippen LogP contribution < -0.4 is 20.1 Å². The van der Waals surface area contributed by atoms with Crippen molar-refractivity contribution in [3.63, 3.8) is 0 Å². The van der Waals surface area contributed by atoms with Crippen LogP contribution in [0.15, 0.2) is 64.2 Å². The van der Waals surface area contributed by atoms with Crippen molar-refractivity contribution in [3.8, 4) is 11.5 Å². The van der Waals surface area contributed by atoms with E-state index in [2.05, 4.69) is 10.6 Å². The molecule has 0 aliphatic heterocycles. The van der Waals surface area contributed by atoms with Crippen LogP contribution in [0.1, 0.15) is 22.3 Å². The Kier molecular flexibility index (Phi) is 8.67. The monoisotopic (exact) mass is 502 g/mol. The molecule has 0 bridgehead atoms. The molecule has 0 saturated carbocycles. The zero-order valence-corrected chi connectivity index (χ0v) is 20.5. The van der Waals surface area contributed by atoms with Crippen molar-refractivity contribution in [3.05, 3.63) is 71.1 Å². The molecule has 0 aliphatic rings. The highest BCUT2D eigenvalue weighted by Gasteiger charge is 2.17. The number of anilines is 1. The zero-order chi connectivity index (χ0) is 24.6. The van der Waals surface area contributed by atoms with E-state index in [4.69, 9.17) is 9.47 Å². The Hall–Kier alpha value is -3.37. The molecule has 10 heteroatoms. The van der Waals surface area contributed by atoms with Crippen LogP contribution in [-0.2, 0) is 21.1 Å². The third kappa shape index (κ3) is 6.82. The first-order valence-corrected chi connectivity index (χ1v) is 13.0. The summed E-state index contributed by atoms with van der Waals surface area (Å²) in [6.45, 7) is 0.436. The number of nitrogens with one attached hydrogen (secondary N) is 2. The van der Waals surface area contributed by atoms with Gasteiger partial charge in [-0.25, -0.2) is 8.42 Å². The number of amides is 2. The third-order valence-electron chi connectivity index (χ3n) is 4.98. The van der Waals surface area contributed by atoms with Crippen LogP contribution in [-0.4, -0.2) is 46.7 Å². The molecule has 0 unspecified atom stereocenters. The van der Waals surface area contributed by atoms with E-state index in [0.29, 0.717) is 35.7 Å². The molecular formula is C24H26N2O6S2. The van der Waals surface area contributed by atoms with E-state index < -0.39 is 15.7 Å². The van der Waals surface area contributed by atoms with E-state index in [9.17, 15) is 18.0 Å². The number of hydrogen-bond acceptors (Lipinski definition) is 7. The normalized spacial score (nSPS) is 11.0. The predicted octanol–water partition coefficient (Wildman–Crippen LogP) is 3.54. The fraction of sp³-hybridized carbons (Fsp3) is 0.250. The lowest BCUT2D eigenvalue weighted by molar-refractivity contribution is -0.115. The molecule has 0 radical (unpaired) electrons. The number of ether oxygens (including phenoxy) is 2. The molecule has 0 fully saturated rings. The molecule has 2 aromatic carbocycles. The molecule has 1 aromatic heterocycles. The lowest BCUT2D eigenvalue weighted by atomic mass is 10.1. The summed E-state index contributed by atoms with van der Waals surface area (Å²) in [5.41, 5.74) is 1.93. The zero-order valence-electron chi connectivity index (χ0n) is 18.9. The number of rotatable bonds is 11. The van der Waals surface area contributed by atoms with Crippen LogP contribution >= 0.6 is 11.3 Å². The second-order valence-corrected chi connectivity index (χ2v) is 10.6. The molecule has 34 heavy (non-hydrogen) atoms. The maximum atomic E-state index is 12.4. The molecule has 0 aliphatic carbocycles. The molecule has 3 rings (SSSR count). The van der Waals surface area contributed by atoms with E-state index in [1.807, 2.05) is 18.2 Å². The maximum Gasteiger partial charge on any atom is 0.251 e. The number of benzene rings is 2. The third-order valence-corrected chi connectivity index (χ3v) is 8.18. The smallest absolute Gasteiger partial charge is 0.251 e. The van der Waals surface area contributed by atoms with Crippen molar-refractivity contribution in [1.29, 1.82) is 0 Å². The first-order chi connectivity index (χ1) is 16.3. The first kappa shape index (κ1) is 25.3. The van der Waals surface area contributed by atoms with Gasteiger partial charge in [0.05, 0.1) is 20.0 Å². The molecule has 0 saturated heterocycles. The second-order valence-electron chi connectivity index (χ2n) is 7.32. The maximum absolute atomic E-state index is 12.4. The number of hydrogen-bond donors (Lipinski definition) is 2. The summed E-state index contributed by atoms with van der Waals surface area (Å²) in [5.74, 6) is 0.368. The van der Waals surface area contributed by atoms with Crippen molar-refractivity contribution in [2.24, 2.45) is 0 Å². The molecule has 0 atom stereocenters. The first-order valence-electron chi connectivity index (χ1n) is 10.5. The van der Waals surface area contributed by atoms with Crippen LogP contribution in [0.25, 0.3) is 0 Å². The van der Waals surface area contributed by atoms with Gasteiger partial charge in [0.25, 0.3) is 5.91 Å². The molecule has 3 aromatic rings. The van der Waals surface area contributed by atoms with Gasteiger partial charge in [-0.1, -0.05) is 12.1 Å². The Labute approximate surface area is 202 Å². The molecule has 180 valence electrons. The Morgan fingerprint density at radius 3 is 2.35 bits per heavy atom. The number of sulfone groups is 1. The van der Waals surface area contributed by atoms with Crippen molar-refractivity contribution in [2.45, 2.75) is 17.1 Å². The van der Waals surface area contributed by atoms with Gasteiger partial charge in [0.15, 0.2) is 21.3 Å². The summed E-state index contributed by atoms with van der Waals surface area (Å²) in [4.78, 5) is 24.5. The van der Waals surface area contributed by atoms with E-state index >= 15 is 0 Å². The lowest BCUT2D eigenvalue weighted by Gasteiger charge is -2.10. The highest BCUT2D eigenvalue weighted by atomic mass is 32.2. The fourth-order valence-electron chi connectivity index (χ4n) is 3.16. The van der Waals surface area contributed by atoms with Crippen LogP contribution in [0.5, 0.6) is 11.5 Å². The predicted molar refractivity (Wildman–Crippen MR) is 132 cm³/mol. The fourth-order valence-corrected chi connectivity index (χ4v) is 5.55. The molecule has 8 nitrogen and oxygen atoms in total. The summed E-state index contributed by atoms with van der Waals surface area (Å²) >= 11 is 1.13. The summed E-state index contributed by atoms with van der Waals surface area (Å²) in [6, 6.07) is 15.2. The van der Waals surface area contributed by atoms with Crippen LogP contribution in [0.3, 0.4) is 0 Å². The van der Waals surface area contributed by atoms with E-state index in [1.165, 1.54) is 6.07 Å². The van der Waals surface area contributed by atoms with Crippen LogP contribution in [0, 0.1) is 0 Å². The van der Waals surface area contributed by atoms with Gasteiger partial charge in [-0.3, -0.25) is 9.59 Å². The standard InChI is InChI=1S/C24H26N2O6S2/c1-31-20-10-5-17(16-21(20)32-2)11-13-25-24(28)18-6-8-19(9-7-18)26-22(27)12-15-34(29,30)23-4-3-14-33-23/h3-10,14,16H,11-13,15H2,1-2H3,(H,25,28)(H,26,27). The molecule has 0 spiro atoms. The minimum absolute atomic E-state index is 0.154. The second kappa shape index (κ2) is 11.7. The SMILES string of the molecule is COc1ccc(CCNC(=O)c2ccc(NC(=O)CCS(=O)(=O)c3cccs3)cc2)cc1OC. The van der Waals surface area contributed by atoms with Crippen molar-refractivity contribution >= 4 is 38.7 Å². The number of methoxy groups -OCH3 is 2. The van der Waals surface area contributed by atoms with E-state index in [0.717, 1.165) is 16.9 Å². The van der Waals surface area contributed by atoms with Crippen molar-refractivity contribution in [1.82, 2.24) is 5.32 Å². The minimum atomic E-state index is -3.47. The Morgan fingerprint density at radius 1 is 0.971 bits per heavy atom. The Bertz CT molecular complexity index is 1220. The quantitative estimate of drug-likeness (QED) is 0.415. The van der Waals surface area contributed by atoms with E-state index in [-0.39, 0.29) is 22.3 Å². The van der Waals surface area contributed by atoms with Crippen molar-refractivity contribution in [2.75, 3.05) is 31.8 Å². The van der Waals surface area contributed by atoms with Crippen LogP contribution in [0.2, 0.25) is 0 Å². The largest absolute Gasteiger partial charge is 0.493 e. The number of thiophene rings is 1. The Balaban J connectivity index is 1.46. The van der Waals surface area contributed by atoms with Crippen LogP contribution in [0.4, 0.5) is 5.69 Å². The molecule has 2 amide bonds. The van der Waals surface area contributed by atoms with Gasteiger partial charge in [-0.15, -0.1) is 11.3 Å². The summed E-state index contributed by atoms with van der Waals surface area (Å²) < 4.78 is 35.1. The topological polar surface area (TPSA) is 111 Å². The Morgan fingerprint density at radius 2 is 1.71 bits per heavy atom. The van der Waals surface area contributed by atoms with Gasteiger partial charge in [-0.2, -0.15) is 0 Å². The minimum Gasteiger partial charge on any atom is -0.493 e. The van der Waals surface area contributed by atoms with Gasteiger partial charge in [-0.05, 0) is 59.8 Å². The van der Waals surface area contributed by atoms with Gasteiger partial charge in [0.1, 0.15) is 4.21 Å². The summed E-state index contributed by atoms with van der Waals surface area (Å²) in [6.07, 6.45) is 0.466. The summed E-state index contributed by atoms with van der Waals surface area (Å²) in [7, 11) is -0.321. The molecule has 2 N–H and O–H groups in total. The van der Waals surface area contributed by atoms with Crippen molar-refractivity contribution < 1.29 is 27.5 Å². The van der Waals surface area contributed by atoms with Gasteiger partial charge < -0.3 is 20.1 Å².